The van der Waals surface area contributed by atoms with Crippen molar-refractivity contribution >= 4 is 17.0 Å². The predicted octanol–water partition coefficient (Wildman–Crippen LogP) is 1.83. The second-order valence-corrected chi connectivity index (χ2v) is 4.55. The Kier molecular flexibility index (Phi) is 3.17. The van der Waals surface area contributed by atoms with Gasteiger partial charge < -0.3 is 10.1 Å². The highest BCUT2D eigenvalue weighted by atomic mass is 19.4. The van der Waals surface area contributed by atoms with E-state index in [1.807, 2.05) is 0 Å². The lowest BCUT2D eigenvalue weighted by Crippen LogP contribution is -2.12. The highest BCUT2D eigenvalue weighted by Gasteiger charge is 2.36. The van der Waals surface area contributed by atoms with E-state index in [2.05, 4.69) is 15.0 Å². The number of alkyl halides is 3. The molecule has 3 rings (SSSR count). The molecule has 0 fully saturated rings. The number of carboxylic acids is 1. The van der Waals surface area contributed by atoms with Gasteiger partial charge in [-0.1, -0.05) is 0 Å². The Balaban J connectivity index is 2.35. The van der Waals surface area contributed by atoms with E-state index in [1.54, 1.807) is 0 Å². The summed E-state index contributed by atoms with van der Waals surface area (Å²) in [6.45, 7) is 0. The summed E-state index contributed by atoms with van der Waals surface area (Å²) in [5, 5.41) is 8.32. The quantitative estimate of drug-likeness (QED) is 0.749. The lowest BCUT2D eigenvalue weighted by Gasteiger charge is -2.04. The van der Waals surface area contributed by atoms with Crippen molar-refractivity contribution in [3.8, 4) is 5.82 Å². The van der Waals surface area contributed by atoms with Gasteiger partial charge in [-0.15, -0.1) is 0 Å². The van der Waals surface area contributed by atoms with Gasteiger partial charge in [0.2, 0.25) is 0 Å². The molecule has 2 N–H and O–H groups in total. The first-order chi connectivity index (χ1) is 10.8. The third-order valence-corrected chi connectivity index (χ3v) is 3.13. The minimum atomic E-state index is -4.77. The normalized spacial score (nSPS) is 11.8. The van der Waals surface area contributed by atoms with Gasteiger partial charge in [-0.05, 0) is 12.1 Å². The Morgan fingerprint density at radius 2 is 2.04 bits per heavy atom. The van der Waals surface area contributed by atoms with Crippen LogP contribution >= 0.6 is 0 Å². The molecule has 10 heteroatoms. The number of H-pyrrole nitrogens is 1. The highest BCUT2D eigenvalue weighted by molar-refractivity contribution is 5.88. The van der Waals surface area contributed by atoms with E-state index in [1.165, 1.54) is 6.07 Å². The monoisotopic (exact) mass is 324 g/mol. The molecule has 0 aliphatic carbocycles. The molecule has 0 saturated carbocycles. The molecular weight excluding hydrogens is 317 g/mol. The Bertz CT molecular complexity index is 974. The van der Waals surface area contributed by atoms with Crippen molar-refractivity contribution < 1.29 is 23.1 Å². The number of aromatic nitrogens is 4. The van der Waals surface area contributed by atoms with Gasteiger partial charge in [-0.2, -0.15) is 13.2 Å². The molecule has 7 nitrogen and oxygen atoms in total. The summed E-state index contributed by atoms with van der Waals surface area (Å²) in [5.74, 6) is -1.35. The second kappa shape index (κ2) is 4.93. The van der Waals surface area contributed by atoms with Crippen molar-refractivity contribution in [2.45, 2.75) is 6.18 Å². The second-order valence-electron chi connectivity index (χ2n) is 4.55. The molecule has 118 valence electrons. The topological polar surface area (TPSA) is 101 Å². The molecule has 23 heavy (non-hydrogen) atoms. The SMILES string of the molecule is O=C(O)c1ccnc(-n2cc(C(F)(F)F)c3c(=O)[nH]cnc32)c1. The van der Waals surface area contributed by atoms with Crippen molar-refractivity contribution in [1.82, 2.24) is 19.5 Å². The van der Waals surface area contributed by atoms with E-state index in [-0.39, 0.29) is 17.0 Å². The largest absolute Gasteiger partial charge is 0.478 e. The zero-order chi connectivity index (χ0) is 16.8. The molecule has 0 aliphatic heterocycles. The van der Waals surface area contributed by atoms with Crippen LogP contribution in [0.5, 0.6) is 0 Å². The molecule has 0 aromatic carbocycles. The highest BCUT2D eigenvalue weighted by Crippen LogP contribution is 2.34. The van der Waals surface area contributed by atoms with Crippen LogP contribution in [0.3, 0.4) is 0 Å². The lowest BCUT2D eigenvalue weighted by atomic mass is 10.2. The maximum atomic E-state index is 13.1. The van der Waals surface area contributed by atoms with Gasteiger partial charge in [0.05, 0.1) is 22.8 Å². The third-order valence-electron chi connectivity index (χ3n) is 3.13. The van der Waals surface area contributed by atoms with E-state index >= 15 is 0 Å². The summed E-state index contributed by atoms with van der Waals surface area (Å²) < 4.78 is 40.3. The van der Waals surface area contributed by atoms with Gasteiger partial charge in [0.25, 0.3) is 5.56 Å². The molecule has 0 radical (unpaired) electrons. The maximum Gasteiger partial charge on any atom is 0.418 e. The van der Waals surface area contributed by atoms with Crippen molar-refractivity contribution in [2.24, 2.45) is 0 Å². The fourth-order valence-corrected chi connectivity index (χ4v) is 2.14. The van der Waals surface area contributed by atoms with E-state index in [0.29, 0.717) is 6.20 Å². The van der Waals surface area contributed by atoms with Crippen LogP contribution in [-0.4, -0.2) is 30.6 Å². The number of fused-ring (bicyclic) bond motifs is 1. The number of carboxylic acid groups (broad SMARTS) is 1. The number of carbonyl (C=O) groups is 1. The van der Waals surface area contributed by atoms with Crippen LogP contribution in [0.15, 0.2) is 35.6 Å². The molecule has 0 aliphatic rings. The number of halogens is 3. The van der Waals surface area contributed by atoms with Crippen LogP contribution in [0.4, 0.5) is 13.2 Å². The van der Waals surface area contributed by atoms with Crippen molar-refractivity contribution in [3.63, 3.8) is 0 Å². The molecule has 0 saturated heterocycles. The first-order valence-electron chi connectivity index (χ1n) is 6.14. The van der Waals surface area contributed by atoms with Crippen LogP contribution in [0.25, 0.3) is 16.9 Å². The van der Waals surface area contributed by atoms with Crippen LogP contribution in [0.2, 0.25) is 0 Å². The van der Waals surface area contributed by atoms with Crippen LogP contribution in [-0.2, 0) is 6.18 Å². The zero-order valence-corrected chi connectivity index (χ0v) is 11.1. The summed E-state index contributed by atoms with van der Waals surface area (Å²) in [6, 6.07) is 2.28. The molecule has 0 atom stereocenters. The Hall–Kier alpha value is -3.17. The fourth-order valence-electron chi connectivity index (χ4n) is 2.14. The number of aromatic amines is 1. The molecule has 0 spiro atoms. The number of hydrogen-bond donors (Lipinski definition) is 2. The van der Waals surface area contributed by atoms with Gasteiger partial charge in [0.15, 0.2) is 5.65 Å². The molecule has 3 aromatic heterocycles. The van der Waals surface area contributed by atoms with Crippen LogP contribution < -0.4 is 5.56 Å². The number of hydrogen-bond acceptors (Lipinski definition) is 4. The summed E-state index contributed by atoms with van der Waals surface area (Å²) in [5.41, 5.74) is -2.55. The molecule has 0 unspecified atom stereocenters. The fraction of sp³-hybridized carbons (Fsp3) is 0.0769. The first-order valence-corrected chi connectivity index (χ1v) is 6.14. The molecule has 0 bridgehead atoms. The lowest BCUT2D eigenvalue weighted by molar-refractivity contribution is -0.136. The predicted molar refractivity (Wildman–Crippen MR) is 71.4 cm³/mol. The molecule has 3 heterocycles. The smallest absolute Gasteiger partial charge is 0.418 e. The van der Waals surface area contributed by atoms with Crippen molar-refractivity contribution in [3.05, 3.63) is 52.3 Å². The van der Waals surface area contributed by atoms with Crippen molar-refractivity contribution in [1.29, 1.82) is 0 Å². The number of rotatable bonds is 2. The third kappa shape index (κ3) is 2.43. The summed E-state index contributed by atoms with van der Waals surface area (Å²) in [7, 11) is 0. The Morgan fingerprint density at radius 1 is 1.30 bits per heavy atom. The molecular formula is C13H7F3N4O3. The zero-order valence-electron chi connectivity index (χ0n) is 11.1. The van der Waals surface area contributed by atoms with Gasteiger partial charge in [-0.25, -0.2) is 14.8 Å². The summed E-state index contributed by atoms with van der Waals surface area (Å²) in [4.78, 5) is 32.4. The van der Waals surface area contributed by atoms with Gasteiger partial charge in [0.1, 0.15) is 5.82 Å². The Morgan fingerprint density at radius 3 is 2.70 bits per heavy atom. The number of pyridine rings is 1. The summed E-state index contributed by atoms with van der Waals surface area (Å²) in [6.07, 6.45) is -2.00. The average Bonchev–Trinajstić information content (AvgIpc) is 2.88. The number of aromatic carboxylic acids is 1. The van der Waals surface area contributed by atoms with E-state index in [0.717, 1.165) is 23.2 Å². The standard InChI is InChI=1S/C13H7F3N4O3/c14-13(15,16)7-4-20(10-9(7)11(21)19-5-18-10)8-3-6(12(22)23)1-2-17-8/h1-5H,(H,22,23)(H,18,19,21). The van der Waals surface area contributed by atoms with E-state index in [4.69, 9.17) is 5.11 Å². The van der Waals surface area contributed by atoms with Gasteiger partial charge in [0, 0.05) is 12.4 Å². The van der Waals surface area contributed by atoms with E-state index < -0.39 is 28.7 Å². The van der Waals surface area contributed by atoms with E-state index in [9.17, 15) is 22.8 Å². The summed E-state index contributed by atoms with van der Waals surface area (Å²) >= 11 is 0. The number of nitrogens with zero attached hydrogens (tertiary/aromatic N) is 3. The minimum Gasteiger partial charge on any atom is -0.478 e. The van der Waals surface area contributed by atoms with Gasteiger partial charge in [-0.3, -0.25) is 9.36 Å². The van der Waals surface area contributed by atoms with Gasteiger partial charge >= 0.3 is 12.1 Å². The minimum absolute atomic E-state index is 0.0940. The number of nitrogens with one attached hydrogen (secondary N) is 1. The average molecular weight is 324 g/mol. The van der Waals surface area contributed by atoms with Crippen LogP contribution in [0, 0.1) is 0 Å². The molecule has 0 amide bonds. The van der Waals surface area contributed by atoms with Crippen LogP contribution in [0.1, 0.15) is 15.9 Å². The first kappa shape index (κ1) is 14.8. The molecule has 3 aromatic rings. The van der Waals surface area contributed by atoms with Crippen molar-refractivity contribution in [2.75, 3.05) is 0 Å². The maximum absolute atomic E-state index is 13.1. The Labute approximate surface area is 125 Å².